The van der Waals surface area contributed by atoms with E-state index in [9.17, 15) is 9.59 Å². The van der Waals surface area contributed by atoms with Crippen molar-refractivity contribution in [2.24, 2.45) is 0 Å². The van der Waals surface area contributed by atoms with Gasteiger partial charge in [-0.05, 0) is 62.2 Å². The number of nitrogens with zero attached hydrogens (tertiary/aromatic N) is 1. The van der Waals surface area contributed by atoms with Crippen LogP contribution in [0.5, 0.6) is 0 Å². The van der Waals surface area contributed by atoms with Gasteiger partial charge in [-0.15, -0.1) is 12.4 Å². The van der Waals surface area contributed by atoms with Gasteiger partial charge in [0, 0.05) is 29.1 Å². The van der Waals surface area contributed by atoms with Gasteiger partial charge in [0.1, 0.15) is 17.9 Å². The summed E-state index contributed by atoms with van der Waals surface area (Å²) in [4.78, 5) is 34.0. The lowest BCUT2D eigenvalue weighted by Gasteiger charge is -2.12. The average molecular weight is 513 g/mol. The lowest BCUT2D eigenvalue weighted by molar-refractivity contribution is 0.101. The average Bonchev–Trinajstić information content (AvgIpc) is 3.20. The predicted molar refractivity (Wildman–Crippen MR) is 142 cm³/mol. The Labute approximate surface area is 214 Å². The third kappa shape index (κ3) is 5.65. The molecule has 4 aromatic rings. The second-order valence-electron chi connectivity index (χ2n) is 8.18. The number of carbonyl (C=O) groups is 2. The number of rotatable bonds is 6. The molecule has 0 unspecified atom stereocenters. The number of hydrogen-bond donors (Lipinski definition) is 3. The first-order valence-corrected chi connectivity index (χ1v) is 11.1. The minimum absolute atomic E-state index is 0. The van der Waals surface area contributed by atoms with Gasteiger partial charge in [0.25, 0.3) is 11.8 Å². The van der Waals surface area contributed by atoms with Crippen molar-refractivity contribution in [2.75, 3.05) is 17.7 Å². The number of halogens is 2. The second-order valence-corrected chi connectivity index (χ2v) is 8.58. The number of nitrogens with one attached hydrogen (secondary N) is 3. The molecule has 0 spiro atoms. The molecule has 0 saturated heterocycles. The Hall–Kier alpha value is -3.39. The van der Waals surface area contributed by atoms with E-state index in [1.165, 1.54) is 0 Å². The van der Waals surface area contributed by atoms with Crippen molar-refractivity contribution in [1.29, 1.82) is 0 Å². The van der Waals surface area contributed by atoms with E-state index in [1.54, 1.807) is 37.4 Å². The maximum atomic E-state index is 13.3. The molecule has 0 saturated carbocycles. The van der Waals surface area contributed by atoms with Crippen molar-refractivity contribution < 1.29 is 14.3 Å². The number of fused-ring (bicyclic) bond motifs is 1. The zero-order chi connectivity index (χ0) is 24.4. The summed E-state index contributed by atoms with van der Waals surface area (Å²) in [5.74, 6) is -0.0496. The number of aryl methyl sites for hydroxylation is 2. The van der Waals surface area contributed by atoms with Crippen LogP contribution in [0.1, 0.15) is 43.2 Å². The van der Waals surface area contributed by atoms with E-state index in [1.807, 2.05) is 39.0 Å². The molecule has 0 aliphatic carbocycles. The minimum atomic E-state index is -0.367. The van der Waals surface area contributed by atoms with Crippen molar-refractivity contribution in [1.82, 2.24) is 9.97 Å². The standard InChI is InChI=1S/C26H25ClN4O3.ClH/c1-14-8-9-15(2)18(10-14)25(32)28-17-11-19(24-22(12-17)29-23(31-24)13-34-4)26(33)30-21-7-5-6-20(27)16(21)3;/h5-12H,13H2,1-4H3,(H,28,32)(H,29,31)(H,30,33);1H. The number of ether oxygens (including phenoxy) is 1. The Morgan fingerprint density at radius 3 is 2.49 bits per heavy atom. The summed E-state index contributed by atoms with van der Waals surface area (Å²) in [6, 6.07) is 14.4. The highest BCUT2D eigenvalue weighted by atomic mass is 35.5. The van der Waals surface area contributed by atoms with Gasteiger partial charge in [-0.1, -0.05) is 35.4 Å². The molecular weight excluding hydrogens is 487 g/mol. The number of aromatic amines is 1. The zero-order valence-electron chi connectivity index (χ0n) is 19.8. The molecule has 1 aromatic heterocycles. The zero-order valence-corrected chi connectivity index (χ0v) is 21.4. The molecule has 7 nitrogen and oxygen atoms in total. The van der Waals surface area contributed by atoms with Crippen LogP contribution in [0.4, 0.5) is 11.4 Å². The monoisotopic (exact) mass is 512 g/mol. The van der Waals surface area contributed by atoms with Crippen LogP contribution in [0.2, 0.25) is 5.02 Å². The molecule has 0 atom stereocenters. The first-order valence-electron chi connectivity index (χ1n) is 10.7. The van der Waals surface area contributed by atoms with E-state index in [-0.39, 0.29) is 30.8 Å². The molecule has 3 aromatic carbocycles. The van der Waals surface area contributed by atoms with Gasteiger partial charge in [-0.25, -0.2) is 4.98 Å². The summed E-state index contributed by atoms with van der Waals surface area (Å²) in [5.41, 5.74) is 5.66. The number of methoxy groups -OCH3 is 1. The highest BCUT2D eigenvalue weighted by Gasteiger charge is 2.19. The number of aromatic nitrogens is 2. The fourth-order valence-electron chi connectivity index (χ4n) is 3.73. The smallest absolute Gasteiger partial charge is 0.258 e. The van der Waals surface area contributed by atoms with E-state index < -0.39 is 0 Å². The van der Waals surface area contributed by atoms with Crippen molar-refractivity contribution in [3.05, 3.63) is 87.2 Å². The number of H-pyrrole nitrogens is 1. The van der Waals surface area contributed by atoms with E-state index in [0.717, 1.165) is 16.7 Å². The van der Waals surface area contributed by atoms with Crippen LogP contribution >= 0.6 is 24.0 Å². The number of carbonyl (C=O) groups excluding carboxylic acids is 2. The highest BCUT2D eigenvalue weighted by molar-refractivity contribution is 6.31. The van der Waals surface area contributed by atoms with E-state index in [4.69, 9.17) is 16.3 Å². The van der Waals surface area contributed by atoms with E-state index in [0.29, 0.717) is 44.4 Å². The van der Waals surface area contributed by atoms with Crippen molar-refractivity contribution in [3.63, 3.8) is 0 Å². The van der Waals surface area contributed by atoms with Crippen molar-refractivity contribution >= 4 is 58.2 Å². The fraction of sp³-hybridized carbons (Fsp3) is 0.192. The fourth-order valence-corrected chi connectivity index (χ4v) is 3.90. The molecule has 9 heteroatoms. The normalized spacial score (nSPS) is 10.7. The Balaban J connectivity index is 0.00000342. The van der Waals surface area contributed by atoms with Crippen LogP contribution in [-0.4, -0.2) is 28.9 Å². The topological polar surface area (TPSA) is 96.1 Å². The Morgan fingerprint density at radius 1 is 1.00 bits per heavy atom. The molecule has 2 amide bonds. The van der Waals surface area contributed by atoms with Crippen molar-refractivity contribution in [3.8, 4) is 0 Å². The summed E-state index contributed by atoms with van der Waals surface area (Å²) in [6.45, 7) is 5.91. The third-order valence-corrected chi connectivity index (χ3v) is 5.98. The molecule has 1 heterocycles. The SMILES string of the molecule is COCc1nc2c(C(=O)Nc3cccc(Cl)c3C)cc(NC(=O)c3cc(C)ccc3C)cc2[nH]1.Cl. The maximum absolute atomic E-state index is 13.3. The summed E-state index contributed by atoms with van der Waals surface area (Å²) in [6.07, 6.45) is 0. The summed E-state index contributed by atoms with van der Waals surface area (Å²) in [7, 11) is 1.57. The first kappa shape index (κ1) is 26.2. The third-order valence-electron chi connectivity index (χ3n) is 5.57. The highest BCUT2D eigenvalue weighted by Crippen LogP contribution is 2.27. The van der Waals surface area contributed by atoms with Crippen LogP contribution in [0.15, 0.2) is 48.5 Å². The molecule has 0 aliphatic heterocycles. The van der Waals surface area contributed by atoms with E-state index in [2.05, 4.69) is 20.6 Å². The Bertz CT molecular complexity index is 1420. The lowest BCUT2D eigenvalue weighted by atomic mass is 10.0. The molecule has 0 bridgehead atoms. The number of benzene rings is 3. The van der Waals surface area contributed by atoms with Gasteiger partial charge < -0.3 is 20.4 Å². The second kappa shape index (κ2) is 10.9. The van der Waals surface area contributed by atoms with Gasteiger partial charge in [-0.2, -0.15) is 0 Å². The lowest BCUT2D eigenvalue weighted by Crippen LogP contribution is -2.16. The van der Waals surface area contributed by atoms with Crippen LogP contribution in [0.3, 0.4) is 0 Å². The maximum Gasteiger partial charge on any atom is 0.258 e. The molecule has 35 heavy (non-hydrogen) atoms. The minimum Gasteiger partial charge on any atom is -0.377 e. The molecular formula is C26H26Cl2N4O3. The van der Waals surface area contributed by atoms with Crippen LogP contribution in [0, 0.1) is 20.8 Å². The summed E-state index contributed by atoms with van der Waals surface area (Å²) in [5, 5.41) is 6.38. The first-order chi connectivity index (χ1) is 16.3. The molecule has 4 rings (SSSR count). The molecule has 0 aliphatic rings. The van der Waals surface area contributed by atoms with Crippen LogP contribution in [-0.2, 0) is 11.3 Å². The van der Waals surface area contributed by atoms with Gasteiger partial charge >= 0.3 is 0 Å². The van der Waals surface area contributed by atoms with Gasteiger partial charge in [-0.3, -0.25) is 9.59 Å². The van der Waals surface area contributed by atoms with Gasteiger partial charge in [0.2, 0.25) is 0 Å². The number of amides is 2. The molecule has 0 fully saturated rings. The quantitative estimate of drug-likeness (QED) is 0.286. The van der Waals surface area contributed by atoms with Gasteiger partial charge in [0.05, 0.1) is 11.1 Å². The Kier molecular flexibility index (Phi) is 8.17. The largest absolute Gasteiger partial charge is 0.377 e. The van der Waals surface area contributed by atoms with Gasteiger partial charge in [0.15, 0.2) is 0 Å². The number of anilines is 2. The predicted octanol–water partition coefficient (Wildman–Crippen LogP) is 6.21. The number of imidazole rings is 1. The molecule has 0 radical (unpaired) electrons. The number of hydrogen-bond acceptors (Lipinski definition) is 4. The molecule has 182 valence electrons. The molecule has 3 N–H and O–H groups in total. The van der Waals surface area contributed by atoms with Crippen molar-refractivity contribution in [2.45, 2.75) is 27.4 Å². The van der Waals surface area contributed by atoms with Crippen LogP contribution < -0.4 is 10.6 Å². The Morgan fingerprint density at radius 2 is 1.74 bits per heavy atom. The summed E-state index contributed by atoms with van der Waals surface area (Å²) < 4.78 is 5.18. The van der Waals surface area contributed by atoms with Crippen LogP contribution in [0.25, 0.3) is 11.0 Å². The van der Waals surface area contributed by atoms with E-state index >= 15 is 0 Å². The summed E-state index contributed by atoms with van der Waals surface area (Å²) >= 11 is 6.21.